The number of nitrogens with one attached hydrogen (secondary N) is 3. The molecule has 2 atom stereocenters. The topological polar surface area (TPSA) is 69.8 Å². The minimum atomic E-state index is -0.178. The van der Waals surface area contributed by atoms with Crippen LogP contribution in [-0.2, 0) is 6.54 Å². The lowest BCUT2D eigenvalue weighted by Gasteiger charge is -2.07. The Balaban J connectivity index is 1.42. The summed E-state index contributed by atoms with van der Waals surface area (Å²) in [5, 5.41) is 13.6. The van der Waals surface area contributed by atoms with Crippen molar-refractivity contribution in [2.75, 3.05) is 6.54 Å². The van der Waals surface area contributed by atoms with Crippen LogP contribution in [0.3, 0.4) is 0 Å². The van der Waals surface area contributed by atoms with Crippen molar-refractivity contribution in [2.45, 2.75) is 18.9 Å². The molecule has 5 nitrogen and oxygen atoms in total. The Morgan fingerprint density at radius 2 is 2.18 bits per heavy atom. The summed E-state index contributed by atoms with van der Waals surface area (Å²) in [4.78, 5) is 11.7. The molecule has 2 amide bonds. The molecule has 116 valence electrons. The van der Waals surface area contributed by atoms with E-state index in [0.717, 1.165) is 17.7 Å². The van der Waals surface area contributed by atoms with Crippen LogP contribution in [0.15, 0.2) is 30.5 Å². The van der Waals surface area contributed by atoms with Crippen molar-refractivity contribution in [3.05, 3.63) is 51.8 Å². The monoisotopic (exact) mass is 338 g/mol. The predicted molar refractivity (Wildman–Crippen MR) is 86.1 cm³/mol. The Bertz CT molecular complexity index is 660. The number of hydrogen-bond acceptors (Lipinski definition) is 2. The quantitative estimate of drug-likeness (QED) is 0.782. The van der Waals surface area contributed by atoms with Crippen LogP contribution in [0.1, 0.15) is 23.6 Å². The lowest BCUT2D eigenvalue weighted by molar-refractivity contribution is 0.240. The summed E-state index contributed by atoms with van der Waals surface area (Å²) >= 11 is 12.1. The number of hydrogen-bond donors (Lipinski definition) is 3. The molecule has 1 aliphatic rings. The van der Waals surface area contributed by atoms with Gasteiger partial charge in [0.25, 0.3) is 0 Å². The van der Waals surface area contributed by atoms with Gasteiger partial charge in [-0.2, -0.15) is 5.10 Å². The number of carbonyl (C=O) groups excluding carboxylic acids is 1. The van der Waals surface area contributed by atoms with Crippen LogP contribution in [0.25, 0.3) is 0 Å². The van der Waals surface area contributed by atoms with Crippen molar-refractivity contribution in [3.63, 3.8) is 0 Å². The van der Waals surface area contributed by atoms with Gasteiger partial charge in [-0.25, -0.2) is 4.79 Å². The fourth-order valence-corrected chi connectivity index (χ4v) is 3.05. The summed E-state index contributed by atoms with van der Waals surface area (Å²) in [6.07, 6.45) is 2.68. The van der Waals surface area contributed by atoms with Crippen molar-refractivity contribution < 1.29 is 4.79 Å². The average Bonchev–Trinajstić information content (AvgIpc) is 3.05. The van der Waals surface area contributed by atoms with Gasteiger partial charge >= 0.3 is 6.03 Å². The maximum Gasteiger partial charge on any atom is 0.315 e. The van der Waals surface area contributed by atoms with Crippen LogP contribution in [0.2, 0.25) is 10.0 Å². The van der Waals surface area contributed by atoms with Crippen molar-refractivity contribution in [2.24, 2.45) is 5.92 Å². The molecular formula is C15H16Cl2N4O. The second kappa shape index (κ2) is 6.58. The van der Waals surface area contributed by atoms with Crippen LogP contribution in [0.4, 0.5) is 4.79 Å². The SMILES string of the molecule is O=C(NCc1ccn[nH]1)NC[C@@H]1C[C@H]1c1ccc(Cl)cc1Cl. The molecule has 1 aromatic heterocycles. The lowest BCUT2D eigenvalue weighted by atomic mass is 10.1. The highest BCUT2D eigenvalue weighted by Crippen LogP contribution is 2.49. The molecule has 3 N–H and O–H groups in total. The molecule has 3 rings (SSSR count). The van der Waals surface area contributed by atoms with E-state index in [2.05, 4.69) is 20.8 Å². The molecule has 1 saturated carbocycles. The summed E-state index contributed by atoms with van der Waals surface area (Å²) in [5.41, 5.74) is 1.98. The largest absolute Gasteiger partial charge is 0.338 e. The molecule has 0 unspecified atom stereocenters. The molecule has 7 heteroatoms. The predicted octanol–water partition coefficient (Wildman–Crippen LogP) is 3.32. The second-order valence-corrected chi connectivity index (χ2v) is 6.26. The zero-order chi connectivity index (χ0) is 15.5. The molecule has 0 aliphatic heterocycles. The summed E-state index contributed by atoms with van der Waals surface area (Å²) < 4.78 is 0. The number of benzene rings is 1. The summed E-state index contributed by atoms with van der Waals surface area (Å²) in [5.74, 6) is 0.828. The normalized spacial score (nSPS) is 19.7. The van der Waals surface area contributed by atoms with E-state index < -0.39 is 0 Å². The van der Waals surface area contributed by atoms with Crippen molar-refractivity contribution in [1.29, 1.82) is 0 Å². The highest BCUT2D eigenvalue weighted by atomic mass is 35.5. The number of aromatic amines is 1. The number of urea groups is 1. The third-order valence-electron chi connectivity index (χ3n) is 3.81. The fraction of sp³-hybridized carbons (Fsp3) is 0.333. The van der Waals surface area contributed by atoms with Gasteiger partial charge in [-0.3, -0.25) is 5.10 Å². The summed E-state index contributed by atoms with van der Waals surface area (Å²) in [6, 6.07) is 7.22. The molecule has 2 aromatic rings. The minimum absolute atomic E-state index is 0.178. The number of carbonyl (C=O) groups is 1. The number of halogens is 2. The molecule has 1 heterocycles. The average molecular weight is 339 g/mol. The first-order chi connectivity index (χ1) is 10.6. The zero-order valence-corrected chi connectivity index (χ0v) is 13.3. The van der Waals surface area contributed by atoms with Crippen LogP contribution in [0.5, 0.6) is 0 Å². The van der Waals surface area contributed by atoms with Gasteiger partial charge in [-0.15, -0.1) is 0 Å². The number of H-pyrrole nitrogens is 1. The number of aromatic nitrogens is 2. The molecule has 0 bridgehead atoms. The third-order valence-corrected chi connectivity index (χ3v) is 4.37. The second-order valence-electron chi connectivity index (χ2n) is 5.41. The minimum Gasteiger partial charge on any atom is -0.338 e. The van der Waals surface area contributed by atoms with Gasteiger partial charge in [0.1, 0.15) is 0 Å². The van der Waals surface area contributed by atoms with Crippen molar-refractivity contribution >= 4 is 29.2 Å². The Labute approximate surface area is 138 Å². The lowest BCUT2D eigenvalue weighted by Crippen LogP contribution is -2.36. The van der Waals surface area contributed by atoms with E-state index in [1.165, 1.54) is 0 Å². The highest BCUT2D eigenvalue weighted by molar-refractivity contribution is 6.35. The molecule has 22 heavy (non-hydrogen) atoms. The first-order valence-electron chi connectivity index (χ1n) is 7.08. The third kappa shape index (κ3) is 3.72. The van der Waals surface area contributed by atoms with Gasteiger partial charge in [0, 0.05) is 22.8 Å². The van der Waals surface area contributed by atoms with Gasteiger partial charge in [-0.1, -0.05) is 29.3 Å². The summed E-state index contributed by atoms with van der Waals surface area (Å²) in [6.45, 7) is 1.07. The molecule has 1 fully saturated rings. The smallest absolute Gasteiger partial charge is 0.315 e. The van der Waals surface area contributed by atoms with E-state index in [1.54, 1.807) is 12.3 Å². The van der Waals surface area contributed by atoms with E-state index in [1.807, 2.05) is 18.2 Å². The van der Waals surface area contributed by atoms with Gasteiger partial charge < -0.3 is 10.6 Å². The maximum absolute atomic E-state index is 11.7. The standard InChI is InChI=1S/C15H16Cl2N4O/c16-10-1-2-12(14(17)6-10)13-5-9(13)7-18-15(22)19-8-11-3-4-20-21-11/h1-4,6,9,13H,5,7-8H2,(H,20,21)(H2,18,19,22)/t9-,13+/m0/s1. The first-order valence-corrected chi connectivity index (χ1v) is 7.84. The van der Waals surface area contributed by atoms with E-state index in [9.17, 15) is 4.79 Å². The molecule has 1 aliphatic carbocycles. The van der Waals surface area contributed by atoms with Crippen LogP contribution in [-0.4, -0.2) is 22.8 Å². The van der Waals surface area contributed by atoms with Crippen molar-refractivity contribution in [1.82, 2.24) is 20.8 Å². The highest BCUT2D eigenvalue weighted by Gasteiger charge is 2.39. The maximum atomic E-state index is 11.7. The Morgan fingerprint density at radius 1 is 1.32 bits per heavy atom. The summed E-state index contributed by atoms with van der Waals surface area (Å²) in [7, 11) is 0. The Hall–Kier alpha value is -1.72. The first kappa shape index (κ1) is 15.2. The fourth-order valence-electron chi connectivity index (χ4n) is 2.50. The van der Waals surface area contributed by atoms with Crippen LogP contribution in [0, 0.1) is 5.92 Å². The Morgan fingerprint density at radius 3 is 2.91 bits per heavy atom. The zero-order valence-electron chi connectivity index (χ0n) is 11.8. The van der Waals surface area contributed by atoms with Crippen LogP contribution < -0.4 is 10.6 Å². The molecule has 1 aromatic carbocycles. The van der Waals surface area contributed by atoms with E-state index in [-0.39, 0.29) is 6.03 Å². The van der Waals surface area contributed by atoms with Gasteiger partial charge in [-0.05, 0) is 42.0 Å². The van der Waals surface area contributed by atoms with Gasteiger partial charge in [0.15, 0.2) is 0 Å². The van der Waals surface area contributed by atoms with Crippen LogP contribution >= 0.6 is 23.2 Å². The molecular weight excluding hydrogens is 323 g/mol. The number of rotatable bonds is 5. The van der Waals surface area contributed by atoms with Gasteiger partial charge in [0.05, 0.1) is 12.2 Å². The van der Waals surface area contributed by atoms with E-state index in [4.69, 9.17) is 23.2 Å². The molecule has 0 radical (unpaired) electrons. The Kier molecular flexibility index (Phi) is 4.55. The molecule has 0 saturated heterocycles. The number of amides is 2. The van der Waals surface area contributed by atoms with E-state index >= 15 is 0 Å². The van der Waals surface area contributed by atoms with E-state index in [0.29, 0.717) is 35.0 Å². The van der Waals surface area contributed by atoms with Gasteiger partial charge in [0.2, 0.25) is 0 Å². The van der Waals surface area contributed by atoms with Crippen molar-refractivity contribution in [3.8, 4) is 0 Å². The molecule has 0 spiro atoms. The number of nitrogens with zero attached hydrogens (tertiary/aromatic N) is 1.